The number of amidine groups is 2. The molecule has 0 atom stereocenters. The third-order valence-electron chi connectivity index (χ3n) is 5.90. The maximum Gasteiger partial charge on any atom is 2.00 e. The van der Waals surface area contributed by atoms with Crippen LogP contribution in [-0.2, 0) is 58.2 Å². The van der Waals surface area contributed by atoms with Crippen LogP contribution in [0.5, 0.6) is 0 Å². The molecule has 4 aromatic rings. The van der Waals surface area contributed by atoms with Crippen LogP contribution in [0, 0.1) is 0 Å². The number of anilines is 2. The first-order valence-corrected chi connectivity index (χ1v) is 13.5. The standard InChI is InChI=1S/2C15H11F6N3O.Pd/c2*16-14(17,18)9-5-10(15(19,20)21)7-12(6-9)24-13(25)23-8-11-3-1-2-4-22-11;/h2*1-7H,8H2,(H2,23,24,25);/q;;+2/p-2. The number of hydrogen-bond acceptors (Lipinski definition) is 6. The molecule has 0 unspecified atom stereocenters. The van der Waals surface area contributed by atoms with E-state index in [-0.39, 0.29) is 45.6 Å². The summed E-state index contributed by atoms with van der Waals surface area (Å²) in [5.41, 5.74) is -6.58. The molecule has 0 spiro atoms. The molecular weight excluding hydrogens is 811 g/mol. The molecule has 0 fully saturated rings. The van der Waals surface area contributed by atoms with Gasteiger partial charge in [0.25, 0.3) is 0 Å². The van der Waals surface area contributed by atoms with Crippen molar-refractivity contribution < 1.29 is 83.3 Å². The number of rotatable bonds is 6. The summed E-state index contributed by atoms with van der Waals surface area (Å²) in [6, 6.07) is 9.05. The molecule has 4 rings (SSSR count). The van der Waals surface area contributed by atoms with Crippen molar-refractivity contribution in [1.29, 1.82) is 0 Å². The third-order valence-corrected chi connectivity index (χ3v) is 5.90. The minimum atomic E-state index is -4.99. The second kappa shape index (κ2) is 17.4. The summed E-state index contributed by atoms with van der Waals surface area (Å²) in [6.07, 6.45) is -17.1. The van der Waals surface area contributed by atoms with Gasteiger partial charge < -0.3 is 20.8 Å². The summed E-state index contributed by atoms with van der Waals surface area (Å²) in [7, 11) is 0. The summed E-state index contributed by atoms with van der Waals surface area (Å²) in [5, 5.41) is 27.1. The first kappa shape index (κ1) is 42.3. The van der Waals surface area contributed by atoms with Gasteiger partial charge in [0.15, 0.2) is 0 Å². The molecule has 0 saturated heterocycles. The van der Waals surface area contributed by atoms with Crippen LogP contribution in [0.25, 0.3) is 0 Å². The second-order valence-corrected chi connectivity index (χ2v) is 9.72. The predicted octanol–water partition coefficient (Wildman–Crippen LogP) is 6.89. The Labute approximate surface area is 293 Å². The van der Waals surface area contributed by atoms with Crippen molar-refractivity contribution in [3.63, 3.8) is 0 Å². The van der Waals surface area contributed by atoms with Gasteiger partial charge in [0.1, 0.15) is 0 Å². The maximum absolute atomic E-state index is 12.7. The number of aromatic nitrogens is 2. The summed E-state index contributed by atoms with van der Waals surface area (Å²) in [6.45, 7) is -0.338. The Morgan fingerprint density at radius 2 is 0.804 bits per heavy atom. The molecule has 0 radical (unpaired) electrons. The molecule has 2 aromatic carbocycles. The number of aliphatic imine (C=N–C) groups is 2. The summed E-state index contributed by atoms with van der Waals surface area (Å²) < 4.78 is 153. The molecule has 0 aliphatic heterocycles. The molecule has 0 aliphatic carbocycles. The predicted molar refractivity (Wildman–Crippen MR) is 151 cm³/mol. The summed E-state index contributed by atoms with van der Waals surface area (Å²) in [4.78, 5) is 14.8. The average Bonchev–Trinajstić information content (AvgIpc) is 3.02. The first-order valence-electron chi connectivity index (χ1n) is 13.5. The zero-order chi connectivity index (χ0) is 37.3. The molecular formula is C30H20F12N6O2Pd. The number of pyridine rings is 2. The summed E-state index contributed by atoms with van der Waals surface area (Å²) in [5.74, 6) is 0. The van der Waals surface area contributed by atoms with E-state index in [1.165, 1.54) is 12.4 Å². The number of hydrogen-bond donors (Lipinski definition) is 2. The van der Waals surface area contributed by atoms with Gasteiger partial charge in [0.2, 0.25) is 0 Å². The van der Waals surface area contributed by atoms with E-state index in [1.807, 2.05) is 10.6 Å². The fourth-order valence-corrected chi connectivity index (χ4v) is 3.67. The Kier molecular flexibility index (Phi) is 14.4. The summed E-state index contributed by atoms with van der Waals surface area (Å²) >= 11 is 0. The van der Waals surface area contributed by atoms with Gasteiger partial charge in [-0.3, -0.25) is 20.0 Å². The van der Waals surface area contributed by atoms with Gasteiger partial charge in [0.05, 0.1) is 58.8 Å². The van der Waals surface area contributed by atoms with E-state index >= 15 is 0 Å². The molecule has 0 amide bonds. The van der Waals surface area contributed by atoms with E-state index in [0.717, 1.165) is 0 Å². The van der Waals surface area contributed by atoms with Crippen LogP contribution in [-0.4, -0.2) is 22.0 Å². The van der Waals surface area contributed by atoms with Crippen LogP contribution in [0.1, 0.15) is 33.6 Å². The van der Waals surface area contributed by atoms with Crippen molar-refractivity contribution in [2.75, 3.05) is 10.6 Å². The van der Waals surface area contributed by atoms with Crippen LogP contribution in [0.3, 0.4) is 0 Å². The van der Waals surface area contributed by atoms with Crippen LogP contribution in [0.4, 0.5) is 64.1 Å². The van der Waals surface area contributed by atoms with Crippen molar-refractivity contribution in [2.24, 2.45) is 9.98 Å². The van der Waals surface area contributed by atoms with Gasteiger partial charge in [-0.1, -0.05) is 12.1 Å². The molecule has 2 N–H and O–H groups in total. The Bertz CT molecular complexity index is 1590. The minimum Gasteiger partial charge on any atom is -0.846 e. The van der Waals surface area contributed by atoms with Crippen molar-refractivity contribution in [3.05, 3.63) is 119 Å². The Hall–Kier alpha value is -4.90. The minimum absolute atomic E-state index is 0. The molecule has 0 aliphatic rings. The van der Waals surface area contributed by atoms with Crippen molar-refractivity contribution in [3.8, 4) is 0 Å². The zero-order valence-electron chi connectivity index (χ0n) is 25.0. The van der Waals surface area contributed by atoms with E-state index in [2.05, 4.69) is 20.0 Å². The van der Waals surface area contributed by atoms with E-state index < -0.39 is 70.4 Å². The number of halogens is 12. The average molecular weight is 831 g/mol. The quantitative estimate of drug-likeness (QED) is 0.0946. The molecule has 0 bridgehead atoms. The fraction of sp³-hybridized carbons (Fsp3) is 0.200. The van der Waals surface area contributed by atoms with Crippen LogP contribution in [0.2, 0.25) is 0 Å². The fourth-order valence-electron chi connectivity index (χ4n) is 3.67. The van der Waals surface area contributed by atoms with Crippen molar-refractivity contribution in [2.45, 2.75) is 37.8 Å². The molecule has 8 nitrogen and oxygen atoms in total. The molecule has 51 heavy (non-hydrogen) atoms. The van der Waals surface area contributed by atoms with Crippen LogP contribution in [0.15, 0.2) is 95.2 Å². The molecule has 2 aromatic heterocycles. The molecule has 21 heteroatoms. The van der Waals surface area contributed by atoms with Crippen molar-refractivity contribution >= 4 is 23.4 Å². The van der Waals surface area contributed by atoms with Gasteiger partial charge in [-0.25, -0.2) is 0 Å². The number of benzene rings is 2. The number of nitrogens with zero attached hydrogens (tertiary/aromatic N) is 4. The van der Waals surface area contributed by atoms with E-state index in [0.29, 0.717) is 35.7 Å². The number of nitrogens with one attached hydrogen (secondary N) is 2. The van der Waals surface area contributed by atoms with Gasteiger partial charge in [-0.05, 0) is 60.7 Å². The monoisotopic (exact) mass is 830 g/mol. The van der Waals surface area contributed by atoms with Gasteiger partial charge in [-0.2, -0.15) is 52.7 Å². The second-order valence-electron chi connectivity index (χ2n) is 9.72. The Balaban J connectivity index is 0.000000347. The zero-order valence-corrected chi connectivity index (χ0v) is 26.5. The smallest absolute Gasteiger partial charge is 0.846 e. The topological polar surface area (TPSA) is 121 Å². The number of alkyl halides is 12. The maximum atomic E-state index is 12.7. The SMILES string of the molecule is [O-]C(=NCc1ccccn1)Nc1cc(C(F)(F)F)cc(C(F)(F)F)c1.[O-]C(=NCc1ccccn1)Nc1cc(C(F)(F)F)cc(C(F)(F)F)c1.[Pd+2]. The molecule has 2 heterocycles. The van der Waals surface area contributed by atoms with Crippen LogP contribution < -0.4 is 20.8 Å². The van der Waals surface area contributed by atoms with E-state index in [4.69, 9.17) is 0 Å². The van der Waals surface area contributed by atoms with Crippen molar-refractivity contribution in [1.82, 2.24) is 9.97 Å². The normalized spacial score (nSPS) is 12.7. The van der Waals surface area contributed by atoms with Gasteiger partial charge >= 0.3 is 45.1 Å². The van der Waals surface area contributed by atoms with Gasteiger partial charge in [-0.15, -0.1) is 0 Å². The Morgan fingerprint density at radius 3 is 1.04 bits per heavy atom. The van der Waals surface area contributed by atoms with Gasteiger partial charge in [0, 0.05) is 23.8 Å². The first-order chi connectivity index (χ1) is 23.1. The largest absolute Gasteiger partial charge is 2.00 e. The third kappa shape index (κ3) is 14.1. The van der Waals surface area contributed by atoms with Crippen LogP contribution >= 0.6 is 0 Å². The van der Waals surface area contributed by atoms with E-state index in [1.54, 1.807) is 36.4 Å². The molecule has 276 valence electrons. The van der Waals surface area contributed by atoms with E-state index in [9.17, 15) is 62.9 Å². The Morgan fingerprint density at radius 1 is 0.510 bits per heavy atom. The molecule has 0 saturated carbocycles.